The van der Waals surface area contributed by atoms with Crippen molar-refractivity contribution in [2.24, 2.45) is 0 Å². The molecule has 3 nitrogen and oxygen atoms in total. The molecule has 1 heterocycles. The van der Waals surface area contributed by atoms with Crippen LogP contribution in [0.3, 0.4) is 0 Å². The fourth-order valence-electron chi connectivity index (χ4n) is 2.78. The maximum absolute atomic E-state index is 5.71. The van der Waals surface area contributed by atoms with E-state index < -0.39 is 0 Å². The highest BCUT2D eigenvalue weighted by Gasteiger charge is 2.14. The molecule has 0 amide bonds. The van der Waals surface area contributed by atoms with Gasteiger partial charge in [-0.1, -0.05) is 6.07 Å². The van der Waals surface area contributed by atoms with E-state index in [-0.39, 0.29) is 0 Å². The Balaban J connectivity index is 2.13. The number of rotatable bonds is 10. The SMILES string of the molecule is CCN(CC)c1ccc(N(Cc2cccs2)C(=S)NCCCSC)cc1. The van der Waals surface area contributed by atoms with Crippen molar-refractivity contribution in [3.05, 3.63) is 46.7 Å². The number of thiocarbonyl (C=S) groups is 1. The molecule has 1 N–H and O–H groups in total. The molecule has 0 fully saturated rings. The molecule has 0 saturated heterocycles. The zero-order valence-corrected chi connectivity index (χ0v) is 18.4. The first kappa shape index (κ1) is 21.1. The molecule has 142 valence electrons. The van der Waals surface area contributed by atoms with E-state index in [9.17, 15) is 0 Å². The van der Waals surface area contributed by atoms with Crippen molar-refractivity contribution < 1.29 is 0 Å². The summed E-state index contributed by atoms with van der Waals surface area (Å²) in [6.07, 6.45) is 3.26. The van der Waals surface area contributed by atoms with Crippen LogP contribution < -0.4 is 15.1 Å². The second kappa shape index (κ2) is 11.5. The maximum atomic E-state index is 5.71. The van der Waals surface area contributed by atoms with Gasteiger partial charge in [-0.25, -0.2) is 0 Å². The van der Waals surface area contributed by atoms with Crippen LogP contribution in [0.25, 0.3) is 0 Å². The molecule has 0 aliphatic carbocycles. The third-order valence-electron chi connectivity index (χ3n) is 4.23. The average Bonchev–Trinajstić information content (AvgIpc) is 3.18. The average molecular weight is 408 g/mol. The molecule has 0 radical (unpaired) electrons. The summed E-state index contributed by atoms with van der Waals surface area (Å²) in [5.41, 5.74) is 2.39. The fourth-order valence-corrected chi connectivity index (χ4v) is 4.18. The minimum Gasteiger partial charge on any atom is -0.372 e. The molecule has 1 aromatic carbocycles. The Kier molecular flexibility index (Phi) is 9.29. The molecule has 0 atom stereocenters. The van der Waals surface area contributed by atoms with Crippen LogP contribution in [0.5, 0.6) is 0 Å². The third-order valence-corrected chi connectivity index (χ3v) is 6.15. The van der Waals surface area contributed by atoms with Crippen LogP contribution in [-0.4, -0.2) is 36.8 Å². The molecular formula is C20H29N3S3. The number of benzene rings is 1. The van der Waals surface area contributed by atoms with E-state index in [2.05, 4.69) is 77.0 Å². The summed E-state index contributed by atoms with van der Waals surface area (Å²) in [7, 11) is 0. The molecule has 0 aliphatic rings. The van der Waals surface area contributed by atoms with E-state index in [1.54, 1.807) is 11.3 Å². The Morgan fingerprint density at radius 1 is 1.12 bits per heavy atom. The number of anilines is 2. The first-order valence-corrected chi connectivity index (χ1v) is 11.8. The first-order valence-electron chi connectivity index (χ1n) is 9.11. The topological polar surface area (TPSA) is 18.5 Å². The summed E-state index contributed by atoms with van der Waals surface area (Å²) >= 11 is 9.35. The highest BCUT2D eigenvalue weighted by Crippen LogP contribution is 2.24. The number of nitrogens with one attached hydrogen (secondary N) is 1. The van der Waals surface area contributed by atoms with Crippen LogP contribution >= 0.6 is 35.3 Å². The molecule has 0 saturated carbocycles. The van der Waals surface area contributed by atoms with Crippen LogP contribution in [0.15, 0.2) is 41.8 Å². The van der Waals surface area contributed by atoms with Crippen molar-refractivity contribution in [1.82, 2.24) is 5.32 Å². The summed E-state index contributed by atoms with van der Waals surface area (Å²) in [4.78, 5) is 5.87. The monoisotopic (exact) mass is 407 g/mol. The van der Waals surface area contributed by atoms with Gasteiger partial charge in [0.25, 0.3) is 0 Å². The van der Waals surface area contributed by atoms with Gasteiger partial charge in [-0.05, 0) is 80.2 Å². The lowest BCUT2D eigenvalue weighted by atomic mass is 10.2. The zero-order valence-electron chi connectivity index (χ0n) is 15.9. The highest BCUT2D eigenvalue weighted by molar-refractivity contribution is 7.98. The van der Waals surface area contributed by atoms with Crippen LogP contribution in [0, 0.1) is 0 Å². The lowest BCUT2D eigenvalue weighted by Gasteiger charge is -2.27. The summed E-state index contributed by atoms with van der Waals surface area (Å²) in [6.45, 7) is 8.13. The van der Waals surface area contributed by atoms with Gasteiger partial charge in [-0.15, -0.1) is 11.3 Å². The van der Waals surface area contributed by atoms with Gasteiger partial charge in [0.2, 0.25) is 0 Å². The van der Waals surface area contributed by atoms with Gasteiger partial charge in [0.05, 0.1) is 6.54 Å². The molecule has 0 unspecified atom stereocenters. The van der Waals surface area contributed by atoms with Crippen molar-refractivity contribution in [3.63, 3.8) is 0 Å². The standard InChI is InChI=1S/C20H29N3S3/c1-4-22(5-2)17-9-11-18(12-10-17)23(16-19-8-6-15-26-19)20(24)21-13-7-14-25-3/h6,8-12,15H,4-5,7,13-14,16H2,1-3H3,(H,21,24). The highest BCUT2D eigenvalue weighted by atomic mass is 32.2. The van der Waals surface area contributed by atoms with Gasteiger partial charge in [-0.3, -0.25) is 0 Å². The van der Waals surface area contributed by atoms with Crippen LogP contribution in [0.4, 0.5) is 11.4 Å². The number of hydrogen-bond acceptors (Lipinski definition) is 4. The zero-order chi connectivity index (χ0) is 18.8. The van der Waals surface area contributed by atoms with Gasteiger partial charge < -0.3 is 15.1 Å². The van der Waals surface area contributed by atoms with Crippen LogP contribution in [-0.2, 0) is 6.54 Å². The van der Waals surface area contributed by atoms with E-state index in [1.165, 1.54) is 10.6 Å². The van der Waals surface area contributed by atoms with E-state index >= 15 is 0 Å². The van der Waals surface area contributed by atoms with Crippen molar-refractivity contribution in [2.75, 3.05) is 41.4 Å². The molecule has 26 heavy (non-hydrogen) atoms. The molecular weight excluding hydrogens is 378 g/mol. The third kappa shape index (κ3) is 6.18. The minimum atomic E-state index is 0.801. The van der Waals surface area contributed by atoms with Crippen LogP contribution in [0.2, 0.25) is 0 Å². The molecule has 2 rings (SSSR count). The fraction of sp³-hybridized carbons (Fsp3) is 0.450. The lowest BCUT2D eigenvalue weighted by Crippen LogP contribution is -2.39. The quantitative estimate of drug-likeness (QED) is 0.428. The van der Waals surface area contributed by atoms with Crippen molar-refractivity contribution in [2.45, 2.75) is 26.8 Å². The van der Waals surface area contributed by atoms with Gasteiger partial charge in [0.15, 0.2) is 5.11 Å². The van der Waals surface area contributed by atoms with Gasteiger partial charge in [0.1, 0.15) is 0 Å². The van der Waals surface area contributed by atoms with Crippen molar-refractivity contribution in [3.8, 4) is 0 Å². The summed E-state index contributed by atoms with van der Waals surface area (Å²) < 4.78 is 0. The molecule has 1 aromatic heterocycles. The molecule has 6 heteroatoms. The van der Waals surface area contributed by atoms with E-state index in [0.717, 1.165) is 49.2 Å². The minimum absolute atomic E-state index is 0.801. The predicted molar refractivity (Wildman–Crippen MR) is 124 cm³/mol. The maximum Gasteiger partial charge on any atom is 0.173 e. The summed E-state index contributed by atoms with van der Waals surface area (Å²) in [5.74, 6) is 1.15. The van der Waals surface area contributed by atoms with Crippen molar-refractivity contribution in [1.29, 1.82) is 0 Å². The number of thiophene rings is 1. The first-order chi connectivity index (χ1) is 12.7. The summed E-state index contributed by atoms with van der Waals surface area (Å²) in [6, 6.07) is 13.0. The van der Waals surface area contributed by atoms with Crippen molar-refractivity contribution >= 4 is 51.8 Å². The molecule has 0 spiro atoms. The Morgan fingerprint density at radius 3 is 2.38 bits per heavy atom. The van der Waals surface area contributed by atoms with Crippen LogP contribution in [0.1, 0.15) is 25.1 Å². The Morgan fingerprint density at radius 2 is 1.81 bits per heavy atom. The predicted octanol–water partition coefficient (Wildman–Crippen LogP) is 5.23. The van der Waals surface area contributed by atoms with Gasteiger partial charge >= 0.3 is 0 Å². The van der Waals surface area contributed by atoms with E-state index in [4.69, 9.17) is 12.2 Å². The Hall–Kier alpha value is -1.24. The second-order valence-electron chi connectivity index (χ2n) is 5.93. The van der Waals surface area contributed by atoms with Gasteiger partial charge in [0, 0.05) is 35.9 Å². The summed E-state index contributed by atoms with van der Waals surface area (Å²) in [5, 5.41) is 6.34. The number of hydrogen-bond donors (Lipinski definition) is 1. The van der Waals surface area contributed by atoms with E-state index in [0.29, 0.717) is 0 Å². The van der Waals surface area contributed by atoms with E-state index in [1.807, 2.05) is 11.8 Å². The number of nitrogens with zero attached hydrogens (tertiary/aromatic N) is 2. The molecule has 0 bridgehead atoms. The number of thioether (sulfide) groups is 1. The smallest absolute Gasteiger partial charge is 0.173 e. The lowest BCUT2D eigenvalue weighted by molar-refractivity contribution is 0.833. The normalized spacial score (nSPS) is 10.6. The molecule has 2 aromatic rings. The largest absolute Gasteiger partial charge is 0.372 e. The molecule has 0 aliphatic heterocycles. The Bertz CT molecular complexity index is 637. The van der Waals surface area contributed by atoms with Gasteiger partial charge in [-0.2, -0.15) is 11.8 Å². The Labute approximate surface area is 171 Å². The second-order valence-corrected chi connectivity index (χ2v) is 8.34.